The van der Waals surface area contributed by atoms with Crippen LogP contribution in [0.25, 0.3) is 0 Å². The number of carbonyl (C=O) groups excluding carboxylic acids is 2. The first-order valence-corrected chi connectivity index (χ1v) is 9.06. The van der Waals surface area contributed by atoms with Crippen molar-refractivity contribution in [2.75, 3.05) is 6.61 Å². The molecule has 2 aromatic rings. The number of carbonyl (C=O) groups is 2. The molecule has 0 radical (unpaired) electrons. The molecule has 0 spiro atoms. The summed E-state index contributed by atoms with van der Waals surface area (Å²) in [6.45, 7) is 1.50. The van der Waals surface area contributed by atoms with Crippen molar-refractivity contribution in [3.05, 3.63) is 63.1 Å². The van der Waals surface area contributed by atoms with E-state index in [0.29, 0.717) is 0 Å². The van der Waals surface area contributed by atoms with Gasteiger partial charge in [-0.05, 0) is 55.4 Å². The highest BCUT2D eigenvalue weighted by Crippen LogP contribution is 2.24. The van der Waals surface area contributed by atoms with Gasteiger partial charge >= 0.3 is 5.97 Å². The number of ether oxygens (including phenoxy) is 1. The third kappa shape index (κ3) is 4.61. The Balaban J connectivity index is 1.54. The van der Waals surface area contributed by atoms with Gasteiger partial charge in [0, 0.05) is 13.1 Å². The number of fused-ring (bicyclic) bond motifs is 1. The van der Waals surface area contributed by atoms with Crippen molar-refractivity contribution in [1.82, 2.24) is 15.1 Å². The first kappa shape index (κ1) is 18.8. The third-order valence-electron chi connectivity index (χ3n) is 4.75. The summed E-state index contributed by atoms with van der Waals surface area (Å²) in [6, 6.07) is 8.65. The number of nitrogens with zero attached hydrogens (tertiary/aromatic N) is 2. The molecule has 0 fully saturated rings. The van der Waals surface area contributed by atoms with E-state index in [-0.39, 0.29) is 17.3 Å². The standard InChI is InChI=1S/C20H23N3O4/c1-13(15-8-7-14-5-3-4-6-16(14)11-15)21-18(24)12-27-20(26)17-9-10-19(25)23(2)22-17/h7-11,13H,3-6,12H2,1-2H3,(H,21,24). The number of esters is 1. The van der Waals surface area contributed by atoms with E-state index in [1.807, 2.05) is 13.0 Å². The van der Waals surface area contributed by atoms with E-state index in [1.54, 1.807) is 0 Å². The van der Waals surface area contributed by atoms with Crippen LogP contribution in [-0.4, -0.2) is 28.3 Å². The van der Waals surface area contributed by atoms with Crippen LogP contribution < -0.4 is 10.9 Å². The quantitative estimate of drug-likeness (QED) is 0.810. The first-order chi connectivity index (χ1) is 12.9. The number of hydrogen-bond acceptors (Lipinski definition) is 5. The molecule has 1 aromatic heterocycles. The predicted octanol–water partition coefficient (Wildman–Crippen LogP) is 1.69. The molecule has 0 aliphatic heterocycles. The number of nitrogens with one attached hydrogen (secondary N) is 1. The van der Waals surface area contributed by atoms with Crippen LogP contribution in [0.3, 0.4) is 0 Å². The second-order valence-electron chi connectivity index (χ2n) is 6.78. The first-order valence-electron chi connectivity index (χ1n) is 9.06. The van der Waals surface area contributed by atoms with Crippen LogP contribution in [0.5, 0.6) is 0 Å². The lowest BCUT2D eigenvalue weighted by Gasteiger charge is -2.20. The Morgan fingerprint density at radius 3 is 2.67 bits per heavy atom. The Bertz CT molecular complexity index is 920. The van der Waals surface area contributed by atoms with Crippen LogP contribution in [0.4, 0.5) is 0 Å². The van der Waals surface area contributed by atoms with Gasteiger partial charge in [-0.1, -0.05) is 18.2 Å². The summed E-state index contributed by atoms with van der Waals surface area (Å²) in [7, 11) is 1.44. The molecule has 1 unspecified atom stereocenters. The van der Waals surface area contributed by atoms with Gasteiger partial charge in [0.15, 0.2) is 12.3 Å². The van der Waals surface area contributed by atoms with Gasteiger partial charge in [-0.15, -0.1) is 0 Å². The van der Waals surface area contributed by atoms with Crippen molar-refractivity contribution in [3.8, 4) is 0 Å². The third-order valence-corrected chi connectivity index (χ3v) is 4.75. The maximum atomic E-state index is 12.1. The zero-order valence-electron chi connectivity index (χ0n) is 15.5. The van der Waals surface area contributed by atoms with Crippen LogP contribution in [0.15, 0.2) is 35.1 Å². The summed E-state index contributed by atoms with van der Waals surface area (Å²) in [5, 5.41) is 6.64. The molecule has 3 rings (SSSR count). The molecule has 1 atom stereocenters. The molecule has 1 heterocycles. The minimum Gasteiger partial charge on any atom is -0.451 e. The fourth-order valence-corrected chi connectivity index (χ4v) is 3.21. The summed E-state index contributed by atoms with van der Waals surface area (Å²) in [6.07, 6.45) is 4.63. The van der Waals surface area contributed by atoms with E-state index in [4.69, 9.17) is 4.74 Å². The monoisotopic (exact) mass is 369 g/mol. The van der Waals surface area contributed by atoms with E-state index >= 15 is 0 Å². The number of rotatable bonds is 5. The number of benzene rings is 1. The molecule has 1 aliphatic carbocycles. The zero-order valence-corrected chi connectivity index (χ0v) is 15.5. The Morgan fingerprint density at radius 1 is 1.19 bits per heavy atom. The lowest BCUT2D eigenvalue weighted by molar-refractivity contribution is -0.124. The molecule has 0 saturated heterocycles. The van der Waals surface area contributed by atoms with Gasteiger partial charge in [0.05, 0.1) is 6.04 Å². The van der Waals surface area contributed by atoms with Gasteiger partial charge < -0.3 is 10.1 Å². The highest BCUT2D eigenvalue weighted by molar-refractivity contribution is 5.89. The minimum absolute atomic E-state index is 0.0207. The fraction of sp³-hybridized carbons (Fsp3) is 0.400. The van der Waals surface area contributed by atoms with Gasteiger partial charge in [-0.25, -0.2) is 9.48 Å². The van der Waals surface area contributed by atoms with Crippen LogP contribution in [0, 0.1) is 0 Å². The van der Waals surface area contributed by atoms with Crippen molar-refractivity contribution in [1.29, 1.82) is 0 Å². The SMILES string of the molecule is CC(NC(=O)COC(=O)c1ccc(=O)n(C)n1)c1ccc2c(c1)CCCC2. The molecule has 1 N–H and O–H groups in total. The summed E-state index contributed by atoms with van der Waals surface area (Å²) < 4.78 is 6.02. The Kier molecular flexibility index (Phi) is 5.69. The van der Waals surface area contributed by atoms with Crippen molar-refractivity contribution in [2.45, 2.75) is 38.6 Å². The molecule has 0 saturated carbocycles. The maximum absolute atomic E-state index is 12.1. The number of amides is 1. The Labute approximate surface area is 157 Å². The smallest absolute Gasteiger partial charge is 0.359 e. The van der Waals surface area contributed by atoms with Gasteiger partial charge in [0.25, 0.3) is 11.5 Å². The lowest BCUT2D eigenvalue weighted by Crippen LogP contribution is -2.31. The summed E-state index contributed by atoms with van der Waals surface area (Å²) in [5.74, 6) is -1.14. The molecular weight excluding hydrogens is 346 g/mol. The average Bonchev–Trinajstić information content (AvgIpc) is 2.67. The van der Waals surface area contributed by atoms with E-state index in [2.05, 4.69) is 22.5 Å². The summed E-state index contributed by atoms with van der Waals surface area (Å²) in [5.41, 5.74) is 3.43. The van der Waals surface area contributed by atoms with Crippen molar-refractivity contribution in [2.24, 2.45) is 7.05 Å². The molecule has 142 valence electrons. The van der Waals surface area contributed by atoms with Crippen LogP contribution >= 0.6 is 0 Å². The number of aromatic nitrogens is 2. The van der Waals surface area contributed by atoms with E-state index in [9.17, 15) is 14.4 Å². The van der Waals surface area contributed by atoms with Crippen molar-refractivity contribution in [3.63, 3.8) is 0 Å². The second-order valence-corrected chi connectivity index (χ2v) is 6.78. The molecular formula is C20H23N3O4. The van der Waals surface area contributed by atoms with Gasteiger partial charge in [0.1, 0.15) is 0 Å². The Morgan fingerprint density at radius 2 is 1.93 bits per heavy atom. The molecule has 1 aliphatic rings. The maximum Gasteiger partial charge on any atom is 0.359 e. The summed E-state index contributed by atoms with van der Waals surface area (Å²) in [4.78, 5) is 35.3. The molecule has 1 amide bonds. The predicted molar refractivity (Wildman–Crippen MR) is 99.4 cm³/mol. The Hall–Kier alpha value is -2.96. The van der Waals surface area contributed by atoms with Crippen molar-refractivity contribution < 1.29 is 14.3 Å². The van der Waals surface area contributed by atoms with Crippen LogP contribution in [0.1, 0.15) is 53.0 Å². The second kappa shape index (κ2) is 8.16. The molecule has 7 heteroatoms. The van der Waals surface area contributed by atoms with Crippen LogP contribution in [-0.2, 0) is 29.4 Å². The summed E-state index contributed by atoms with van der Waals surface area (Å²) >= 11 is 0. The van der Waals surface area contributed by atoms with Gasteiger partial charge in [0.2, 0.25) is 0 Å². The van der Waals surface area contributed by atoms with Crippen molar-refractivity contribution >= 4 is 11.9 Å². The largest absolute Gasteiger partial charge is 0.451 e. The highest BCUT2D eigenvalue weighted by atomic mass is 16.5. The van der Waals surface area contributed by atoms with E-state index < -0.39 is 18.5 Å². The fourth-order valence-electron chi connectivity index (χ4n) is 3.21. The zero-order chi connectivity index (χ0) is 19.4. The topological polar surface area (TPSA) is 90.3 Å². The molecule has 1 aromatic carbocycles. The minimum atomic E-state index is -0.748. The number of hydrogen-bond donors (Lipinski definition) is 1. The van der Waals surface area contributed by atoms with Gasteiger partial charge in [-0.3, -0.25) is 9.59 Å². The van der Waals surface area contributed by atoms with E-state index in [1.165, 1.54) is 43.1 Å². The normalized spacial score (nSPS) is 14.1. The average molecular weight is 369 g/mol. The number of aryl methyl sites for hydroxylation is 3. The van der Waals surface area contributed by atoms with Gasteiger partial charge in [-0.2, -0.15) is 5.10 Å². The molecule has 27 heavy (non-hydrogen) atoms. The lowest BCUT2D eigenvalue weighted by atomic mass is 9.89. The van der Waals surface area contributed by atoms with E-state index in [0.717, 1.165) is 23.1 Å². The molecule has 7 nitrogen and oxygen atoms in total. The highest BCUT2D eigenvalue weighted by Gasteiger charge is 2.16. The van der Waals surface area contributed by atoms with Crippen LogP contribution in [0.2, 0.25) is 0 Å². The molecule has 0 bridgehead atoms.